The first-order chi connectivity index (χ1) is 10.1. The smallest absolute Gasteiger partial charge is 0.324 e. The van der Waals surface area contributed by atoms with Gasteiger partial charge in [0.05, 0.1) is 6.61 Å². The van der Waals surface area contributed by atoms with Gasteiger partial charge in [0, 0.05) is 7.05 Å². The first-order valence-corrected chi connectivity index (χ1v) is 7.84. The Morgan fingerprint density at radius 2 is 1.71 bits per heavy atom. The summed E-state index contributed by atoms with van der Waals surface area (Å²) in [5, 5.41) is 2.92. The van der Waals surface area contributed by atoms with Gasteiger partial charge in [-0.2, -0.15) is 9.97 Å². The van der Waals surface area contributed by atoms with Gasteiger partial charge in [-0.3, -0.25) is 0 Å². The van der Waals surface area contributed by atoms with Crippen molar-refractivity contribution in [3.63, 3.8) is 0 Å². The number of hydrogen-bond donors (Lipinski definition) is 1. The fraction of sp³-hybridized carbons (Fsp3) is 0.800. The number of nitrogens with zero attached hydrogens (tertiary/aromatic N) is 3. The van der Waals surface area contributed by atoms with Crippen LogP contribution in [0.5, 0.6) is 12.0 Å². The lowest BCUT2D eigenvalue weighted by molar-refractivity contribution is 0.0907. The summed E-state index contributed by atoms with van der Waals surface area (Å²) in [5.74, 6) is 1.84. The zero-order chi connectivity index (χ0) is 15.2. The molecule has 1 N–H and O–H groups in total. The minimum atomic E-state index is 0.176. The monoisotopic (exact) mass is 294 g/mol. The molecule has 0 bridgehead atoms. The molecule has 2 atom stereocenters. The molecule has 1 heterocycles. The summed E-state index contributed by atoms with van der Waals surface area (Å²) in [4.78, 5) is 12.7. The Balaban J connectivity index is 2.07. The lowest BCUT2D eigenvalue weighted by Gasteiger charge is -2.30. The lowest BCUT2D eigenvalue weighted by atomic mass is 9.82. The summed E-state index contributed by atoms with van der Waals surface area (Å²) in [7, 11) is 1.77. The zero-order valence-electron chi connectivity index (χ0n) is 13.4. The minimum Gasteiger partial charge on any atom is -0.463 e. The van der Waals surface area contributed by atoms with Crippen LogP contribution in [0.15, 0.2) is 0 Å². The molecule has 21 heavy (non-hydrogen) atoms. The number of nitrogens with one attached hydrogen (secondary N) is 1. The maximum absolute atomic E-state index is 5.98. The predicted molar refractivity (Wildman–Crippen MR) is 81.8 cm³/mol. The summed E-state index contributed by atoms with van der Waals surface area (Å²) in [6.45, 7) is 7.18. The van der Waals surface area contributed by atoms with Gasteiger partial charge in [-0.25, -0.2) is 0 Å². The van der Waals surface area contributed by atoms with Crippen molar-refractivity contribution in [1.29, 1.82) is 0 Å². The zero-order valence-corrected chi connectivity index (χ0v) is 13.4. The van der Waals surface area contributed by atoms with E-state index in [1.165, 1.54) is 6.42 Å². The first-order valence-electron chi connectivity index (χ1n) is 7.84. The highest BCUT2D eigenvalue weighted by Gasteiger charge is 2.26. The molecule has 1 aromatic rings. The van der Waals surface area contributed by atoms with Crippen LogP contribution in [0.2, 0.25) is 0 Å². The van der Waals surface area contributed by atoms with E-state index in [0.717, 1.165) is 19.3 Å². The quantitative estimate of drug-likeness (QED) is 0.870. The number of hydrogen-bond acceptors (Lipinski definition) is 6. The largest absolute Gasteiger partial charge is 0.463 e. The van der Waals surface area contributed by atoms with Gasteiger partial charge in [0.2, 0.25) is 5.95 Å². The molecule has 6 nitrogen and oxygen atoms in total. The topological polar surface area (TPSA) is 69.2 Å². The van der Waals surface area contributed by atoms with Crippen molar-refractivity contribution in [1.82, 2.24) is 15.0 Å². The average Bonchev–Trinajstić information content (AvgIpc) is 2.43. The second-order valence-electron chi connectivity index (χ2n) is 5.98. The molecule has 1 fully saturated rings. The van der Waals surface area contributed by atoms with E-state index in [4.69, 9.17) is 9.47 Å². The van der Waals surface area contributed by atoms with Crippen molar-refractivity contribution in [2.75, 3.05) is 19.0 Å². The lowest BCUT2D eigenvalue weighted by Crippen LogP contribution is -2.29. The normalized spacial score (nSPS) is 25.4. The molecule has 1 aromatic heterocycles. The molecule has 0 saturated heterocycles. The molecule has 2 unspecified atom stereocenters. The minimum absolute atomic E-state index is 0.176. The van der Waals surface area contributed by atoms with Crippen LogP contribution in [-0.2, 0) is 0 Å². The van der Waals surface area contributed by atoms with Crippen molar-refractivity contribution in [2.45, 2.75) is 52.6 Å². The van der Waals surface area contributed by atoms with Crippen LogP contribution >= 0.6 is 0 Å². The Morgan fingerprint density at radius 3 is 2.33 bits per heavy atom. The SMILES string of the molecule is CCCOc1nc(NC)nc(OC2CC(C)CC(C)C2)n1. The van der Waals surface area contributed by atoms with Gasteiger partial charge < -0.3 is 14.8 Å². The maximum atomic E-state index is 5.98. The van der Waals surface area contributed by atoms with Gasteiger partial charge in [0.25, 0.3) is 0 Å². The number of ether oxygens (including phenoxy) is 2. The Labute approximate surface area is 126 Å². The summed E-state index contributed by atoms with van der Waals surface area (Å²) >= 11 is 0. The molecule has 6 heteroatoms. The predicted octanol–water partition coefficient (Wildman–Crippen LogP) is 2.91. The summed E-state index contributed by atoms with van der Waals surface area (Å²) in [6, 6.07) is 0.676. The van der Waals surface area contributed by atoms with E-state index in [-0.39, 0.29) is 6.10 Å². The molecule has 0 amide bonds. The molecular formula is C15H26N4O2. The van der Waals surface area contributed by atoms with Crippen molar-refractivity contribution < 1.29 is 9.47 Å². The fourth-order valence-corrected chi connectivity index (χ4v) is 2.88. The average molecular weight is 294 g/mol. The first kappa shape index (κ1) is 15.8. The third-order valence-electron chi connectivity index (χ3n) is 3.66. The van der Waals surface area contributed by atoms with Gasteiger partial charge in [-0.05, 0) is 37.5 Å². The summed E-state index contributed by atoms with van der Waals surface area (Å²) in [6.07, 6.45) is 4.46. The Morgan fingerprint density at radius 1 is 1.05 bits per heavy atom. The second-order valence-corrected chi connectivity index (χ2v) is 5.98. The third kappa shape index (κ3) is 4.72. The molecular weight excluding hydrogens is 268 g/mol. The molecule has 1 saturated carbocycles. The van der Waals surface area contributed by atoms with Crippen LogP contribution in [0.1, 0.15) is 46.5 Å². The van der Waals surface area contributed by atoms with E-state index in [9.17, 15) is 0 Å². The number of rotatable bonds is 6. The van der Waals surface area contributed by atoms with Crippen LogP contribution in [-0.4, -0.2) is 34.7 Å². The molecule has 2 rings (SSSR count). The van der Waals surface area contributed by atoms with Crippen LogP contribution < -0.4 is 14.8 Å². The van der Waals surface area contributed by atoms with Gasteiger partial charge in [0.1, 0.15) is 6.10 Å². The number of anilines is 1. The van der Waals surface area contributed by atoms with E-state index >= 15 is 0 Å². The van der Waals surface area contributed by atoms with E-state index in [1.807, 2.05) is 6.92 Å². The highest BCUT2D eigenvalue weighted by molar-refractivity contribution is 5.26. The van der Waals surface area contributed by atoms with E-state index in [1.54, 1.807) is 7.05 Å². The van der Waals surface area contributed by atoms with Crippen LogP contribution in [0.4, 0.5) is 5.95 Å². The fourth-order valence-electron chi connectivity index (χ4n) is 2.88. The molecule has 118 valence electrons. The van der Waals surface area contributed by atoms with Gasteiger partial charge in [-0.1, -0.05) is 20.8 Å². The Kier molecular flexibility index (Phi) is 5.59. The van der Waals surface area contributed by atoms with Gasteiger partial charge >= 0.3 is 12.0 Å². The van der Waals surface area contributed by atoms with Crippen molar-refractivity contribution in [2.24, 2.45) is 11.8 Å². The second kappa shape index (κ2) is 7.43. The molecule has 0 aliphatic heterocycles. The van der Waals surface area contributed by atoms with Crippen molar-refractivity contribution in [3.8, 4) is 12.0 Å². The van der Waals surface area contributed by atoms with E-state index in [2.05, 4.69) is 34.1 Å². The Hall–Kier alpha value is -1.59. The third-order valence-corrected chi connectivity index (χ3v) is 3.66. The molecule has 1 aliphatic rings. The Bertz CT molecular complexity index is 445. The van der Waals surface area contributed by atoms with Crippen LogP contribution in [0.3, 0.4) is 0 Å². The maximum Gasteiger partial charge on any atom is 0.324 e. The van der Waals surface area contributed by atoms with Crippen molar-refractivity contribution >= 4 is 5.95 Å². The van der Waals surface area contributed by atoms with Crippen LogP contribution in [0, 0.1) is 11.8 Å². The summed E-state index contributed by atoms with van der Waals surface area (Å²) in [5.41, 5.74) is 0. The van der Waals surface area contributed by atoms with E-state index in [0.29, 0.717) is 36.4 Å². The van der Waals surface area contributed by atoms with Crippen LogP contribution in [0.25, 0.3) is 0 Å². The van der Waals surface area contributed by atoms with Crippen molar-refractivity contribution in [3.05, 3.63) is 0 Å². The molecule has 0 aromatic carbocycles. The highest BCUT2D eigenvalue weighted by Crippen LogP contribution is 2.30. The van der Waals surface area contributed by atoms with E-state index < -0.39 is 0 Å². The molecule has 1 aliphatic carbocycles. The molecule has 0 radical (unpaired) electrons. The molecule has 0 spiro atoms. The summed E-state index contributed by atoms with van der Waals surface area (Å²) < 4.78 is 11.5. The van der Waals surface area contributed by atoms with Gasteiger partial charge in [0.15, 0.2) is 0 Å². The standard InChI is InChI=1S/C15H26N4O2/c1-5-6-20-14-17-13(16-4)18-15(19-14)21-12-8-10(2)7-11(3)9-12/h10-12H,5-9H2,1-4H3,(H,16,17,18,19). The number of aromatic nitrogens is 3. The van der Waals surface area contributed by atoms with Gasteiger partial charge in [-0.15, -0.1) is 4.98 Å². The highest BCUT2D eigenvalue weighted by atomic mass is 16.5.